The van der Waals surface area contributed by atoms with E-state index in [0.29, 0.717) is 29.5 Å². The molecule has 0 bridgehead atoms. The second-order valence-electron chi connectivity index (χ2n) is 6.04. The van der Waals surface area contributed by atoms with Gasteiger partial charge < -0.3 is 14.4 Å². The van der Waals surface area contributed by atoms with Gasteiger partial charge in [0, 0.05) is 13.1 Å². The van der Waals surface area contributed by atoms with Gasteiger partial charge in [0.15, 0.2) is 11.5 Å². The van der Waals surface area contributed by atoms with Crippen molar-refractivity contribution in [3.8, 4) is 11.5 Å². The van der Waals surface area contributed by atoms with Gasteiger partial charge in [0.2, 0.25) is 0 Å². The van der Waals surface area contributed by atoms with E-state index < -0.39 is 0 Å². The van der Waals surface area contributed by atoms with Gasteiger partial charge in [-0.3, -0.25) is 4.79 Å². The number of para-hydroxylation sites is 1. The highest BCUT2D eigenvalue weighted by Gasteiger charge is 2.24. The van der Waals surface area contributed by atoms with Crippen molar-refractivity contribution in [1.29, 1.82) is 0 Å². The number of ether oxygens (including phenoxy) is 2. The van der Waals surface area contributed by atoms with Crippen LogP contribution >= 0.6 is 0 Å². The number of carbonyl (C=O) groups is 1. The lowest BCUT2D eigenvalue weighted by Crippen LogP contribution is -2.36. The molecular formula is C19H27NO3. The van der Waals surface area contributed by atoms with Crippen LogP contribution in [0.1, 0.15) is 42.5 Å². The maximum Gasteiger partial charge on any atom is 0.258 e. The molecule has 4 nitrogen and oxygen atoms in total. The van der Waals surface area contributed by atoms with Crippen LogP contribution in [-0.4, -0.2) is 38.1 Å². The van der Waals surface area contributed by atoms with Gasteiger partial charge in [-0.15, -0.1) is 6.58 Å². The van der Waals surface area contributed by atoms with Crippen LogP contribution < -0.4 is 9.47 Å². The lowest BCUT2D eigenvalue weighted by molar-refractivity contribution is 0.0731. The van der Waals surface area contributed by atoms with Gasteiger partial charge in [-0.05, 0) is 30.9 Å². The Kier molecular flexibility index (Phi) is 6.51. The number of nitrogens with zero attached hydrogens (tertiary/aromatic N) is 1. The molecule has 1 saturated carbocycles. The number of hydrogen-bond acceptors (Lipinski definition) is 3. The Morgan fingerprint density at radius 3 is 2.61 bits per heavy atom. The highest BCUT2D eigenvalue weighted by molar-refractivity contribution is 5.98. The second kappa shape index (κ2) is 8.61. The van der Waals surface area contributed by atoms with E-state index in [1.54, 1.807) is 32.4 Å². The summed E-state index contributed by atoms with van der Waals surface area (Å²) in [5, 5.41) is 0. The van der Waals surface area contributed by atoms with Crippen molar-refractivity contribution < 1.29 is 14.3 Å². The summed E-state index contributed by atoms with van der Waals surface area (Å²) in [5.74, 6) is 1.64. The predicted molar refractivity (Wildman–Crippen MR) is 92.2 cm³/mol. The van der Waals surface area contributed by atoms with Crippen LogP contribution in [0.5, 0.6) is 11.5 Å². The molecule has 126 valence electrons. The van der Waals surface area contributed by atoms with Crippen molar-refractivity contribution in [2.75, 3.05) is 27.3 Å². The van der Waals surface area contributed by atoms with Crippen LogP contribution in [0, 0.1) is 5.92 Å². The molecule has 0 heterocycles. The number of benzene rings is 1. The molecule has 1 fully saturated rings. The highest BCUT2D eigenvalue weighted by Crippen LogP contribution is 2.32. The monoisotopic (exact) mass is 317 g/mol. The molecule has 0 aromatic heterocycles. The van der Waals surface area contributed by atoms with Crippen molar-refractivity contribution in [1.82, 2.24) is 4.90 Å². The third-order valence-corrected chi connectivity index (χ3v) is 4.47. The molecule has 1 aromatic carbocycles. The molecule has 1 aromatic rings. The molecule has 0 aliphatic heterocycles. The molecule has 23 heavy (non-hydrogen) atoms. The highest BCUT2D eigenvalue weighted by atomic mass is 16.5. The first-order valence-corrected chi connectivity index (χ1v) is 8.32. The summed E-state index contributed by atoms with van der Waals surface area (Å²) < 4.78 is 10.7. The number of carbonyl (C=O) groups excluding carboxylic acids is 1. The maximum atomic E-state index is 13.0. The van der Waals surface area contributed by atoms with E-state index in [0.717, 1.165) is 6.54 Å². The van der Waals surface area contributed by atoms with Crippen LogP contribution in [0.2, 0.25) is 0 Å². The molecule has 2 rings (SSSR count). The lowest BCUT2D eigenvalue weighted by Gasteiger charge is -2.29. The molecule has 1 aliphatic rings. The molecule has 0 spiro atoms. The summed E-state index contributed by atoms with van der Waals surface area (Å²) in [5.41, 5.74) is 0.546. The molecule has 1 amide bonds. The fourth-order valence-corrected chi connectivity index (χ4v) is 3.30. The molecule has 1 aliphatic carbocycles. The summed E-state index contributed by atoms with van der Waals surface area (Å²) >= 11 is 0. The number of hydrogen-bond donors (Lipinski definition) is 0. The number of amides is 1. The van der Waals surface area contributed by atoms with Gasteiger partial charge in [0.05, 0.1) is 19.8 Å². The van der Waals surface area contributed by atoms with Gasteiger partial charge in [0.25, 0.3) is 5.91 Å². The minimum absolute atomic E-state index is 0.0220. The zero-order chi connectivity index (χ0) is 16.7. The van der Waals surface area contributed by atoms with E-state index in [-0.39, 0.29) is 5.91 Å². The van der Waals surface area contributed by atoms with Crippen LogP contribution in [0.3, 0.4) is 0 Å². The van der Waals surface area contributed by atoms with E-state index in [4.69, 9.17) is 9.47 Å². The molecule has 0 N–H and O–H groups in total. The van der Waals surface area contributed by atoms with Crippen molar-refractivity contribution in [2.24, 2.45) is 5.92 Å². The molecule has 4 heteroatoms. The Hall–Kier alpha value is -1.97. The number of rotatable bonds is 7. The number of methoxy groups -OCH3 is 2. The van der Waals surface area contributed by atoms with E-state index in [9.17, 15) is 4.79 Å². The Morgan fingerprint density at radius 2 is 2.00 bits per heavy atom. The van der Waals surface area contributed by atoms with Crippen molar-refractivity contribution in [3.05, 3.63) is 36.4 Å². The molecule has 0 radical (unpaired) electrons. The first kappa shape index (κ1) is 17.4. The smallest absolute Gasteiger partial charge is 0.258 e. The van der Waals surface area contributed by atoms with Crippen LogP contribution in [-0.2, 0) is 0 Å². The normalized spacial score (nSPS) is 15.0. The van der Waals surface area contributed by atoms with Crippen molar-refractivity contribution >= 4 is 5.91 Å². The third-order valence-electron chi connectivity index (χ3n) is 4.47. The van der Waals surface area contributed by atoms with Gasteiger partial charge >= 0.3 is 0 Å². The standard InChI is InChI=1S/C19H27NO3/c1-4-13-20(14-15-9-6-5-7-10-15)19(21)16-11-8-12-17(22-2)18(16)23-3/h4,8,11-12,15H,1,5-7,9-10,13-14H2,2-3H3. The first-order valence-electron chi connectivity index (χ1n) is 8.32. The molecule has 0 saturated heterocycles. The largest absolute Gasteiger partial charge is 0.493 e. The summed E-state index contributed by atoms with van der Waals surface area (Å²) in [6.45, 7) is 5.13. The summed E-state index contributed by atoms with van der Waals surface area (Å²) in [6.07, 6.45) is 8.04. The minimum atomic E-state index is -0.0220. The van der Waals surface area contributed by atoms with Gasteiger partial charge in [-0.1, -0.05) is 31.4 Å². The molecule has 0 unspecified atom stereocenters. The minimum Gasteiger partial charge on any atom is -0.493 e. The average molecular weight is 317 g/mol. The Bertz CT molecular complexity index is 535. The summed E-state index contributed by atoms with van der Waals surface area (Å²) in [4.78, 5) is 14.9. The van der Waals surface area contributed by atoms with Gasteiger partial charge in [0.1, 0.15) is 0 Å². The Balaban J connectivity index is 2.21. The fraction of sp³-hybridized carbons (Fsp3) is 0.526. The van der Waals surface area contributed by atoms with Crippen LogP contribution in [0.4, 0.5) is 0 Å². The van der Waals surface area contributed by atoms with Crippen molar-refractivity contribution in [2.45, 2.75) is 32.1 Å². The molecule has 0 atom stereocenters. The topological polar surface area (TPSA) is 38.8 Å². The lowest BCUT2D eigenvalue weighted by atomic mass is 9.89. The summed E-state index contributed by atoms with van der Waals surface area (Å²) in [7, 11) is 3.14. The van der Waals surface area contributed by atoms with Crippen LogP contribution in [0.15, 0.2) is 30.9 Å². The van der Waals surface area contributed by atoms with E-state index >= 15 is 0 Å². The van der Waals surface area contributed by atoms with E-state index in [1.807, 2.05) is 11.0 Å². The average Bonchev–Trinajstić information content (AvgIpc) is 2.60. The zero-order valence-electron chi connectivity index (χ0n) is 14.2. The second-order valence-corrected chi connectivity index (χ2v) is 6.04. The van der Waals surface area contributed by atoms with Crippen molar-refractivity contribution in [3.63, 3.8) is 0 Å². The van der Waals surface area contributed by atoms with E-state index in [1.165, 1.54) is 32.1 Å². The fourth-order valence-electron chi connectivity index (χ4n) is 3.30. The maximum absolute atomic E-state index is 13.0. The van der Waals surface area contributed by atoms with Crippen LogP contribution in [0.25, 0.3) is 0 Å². The van der Waals surface area contributed by atoms with E-state index in [2.05, 4.69) is 6.58 Å². The quantitative estimate of drug-likeness (QED) is 0.716. The van der Waals surface area contributed by atoms with Gasteiger partial charge in [-0.25, -0.2) is 0 Å². The predicted octanol–water partition coefficient (Wildman–Crippen LogP) is 3.91. The Labute approximate surface area is 139 Å². The molecular weight excluding hydrogens is 290 g/mol. The first-order chi connectivity index (χ1) is 11.2. The summed E-state index contributed by atoms with van der Waals surface area (Å²) in [6, 6.07) is 5.41. The third kappa shape index (κ3) is 4.27. The Morgan fingerprint density at radius 1 is 1.26 bits per heavy atom. The SMILES string of the molecule is C=CCN(CC1CCCCC1)C(=O)c1cccc(OC)c1OC. The zero-order valence-corrected chi connectivity index (χ0v) is 14.2. The van der Waals surface area contributed by atoms with Gasteiger partial charge in [-0.2, -0.15) is 0 Å².